The summed E-state index contributed by atoms with van der Waals surface area (Å²) in [6, 6.07) is 2.35. The number of hydrogen-bond donors (Lipinski definition) is 2. The highest BCUT2D eigenvalue weighted by molar-refractivity contribution is 7.12. The molecule has 0 bridgehead atoms. The summed E-state index contributed by atoms with van der Waals surface area (Å²) in [7, 11) is 0. The van der Waals surface area contributed by atoms with Crippen molar-refractivity contribution in [2.45, 2.75) is 58.6 Å². The van der Waals surface area contributed by atoms with E-state index in [1.807, 2.05) is 32.1 Å². The molecule has 0 fully saturated rings. The maximum atomic E-state index is 11.4. The van der Waals surface area contributed by atoms with Gasteiger partial charge in [0.1, 0.15) is 5.60 Å². The van der Waals surface area contributed by atoms with E-state index in [9.17, 15) is 4.79 Å². The van der Waals surface area contributed by atoms with Gasteiger partial charge in [-0.05, 0) is 64.6 Å². The topological polar surface area (TPSA) is 50.4 Å². The van der Waals surface area contributed by atoms with E-state index in [4.69, 9.17) is 4.74 Å². The number of nitrogens with one attached hydrogen (secondary N) is 2. The number of fused-ring (bicyclic) bond motifs is 1. The molecule has 0 saturated carbocycles. The smallest absolute Gasteiger partial charge is 0.407 e. The first-order valence-electron chi connectivity index (χ1n) is 7.72. The highest BCUT2D eigenvalue weighted by atomic mass is 32.1. The molecule has 0 aromatic carbocycles. The summed E-state index contributed by atoms with van der Waals surface area (Å²) < 4.78 is 5.18. The molecule has 0 aliphatic heterocycles. The summed E-state index contributed by atoms with van der Waals surface area (Å²) >= 11 is 1.94. The predicted octanol–water partition coefficient (Wildman–Crippen LogP) is 3.24. The molecule has 2 N–H and O–H groups in total. The molecule has 0 atom stereocenters. The summed E-state index contributed by atoms with van der Waals surface area (Å²) in [6.45, 7) is 8.08. The molecule has 1 aliphatic rings. The number of rotatable bonds is 6. The molecule has 1 aromatic rings. The fourth-order valence-electron chi connectivity index (χ4n) is 2.41. The van der Waals surface area contributed by atoms with Gasteiger partial charge in [-0.25, -0.2) is 4.79 Å². The van der Waals surface area contributed by atoms with Crippen LogP contribution >= 0.6 is 11.3 Å². The second kappa shape index (κ2) is 7.27. The van der Waals surface area contributed by atoms with E-state index in [2.05, 4.69) is 16.7 Å². The van der Waals surface area contributed by atoms with Gasteiger partial charge in [0, 0.05) is 22.8 Å². The van der Waals surface area contributed by atoms with Crippen LogP contribution in [0.3, 0.4) is 0 Å². The second-order valence-electron chi connectivity index (χ2n) is 6.47. The van der Waals surface area contributed by atoms with Crippen LogP contribution in [0.25, 0.3) is 0 Å². The normalized spacial score (nSPS) is 14.0. The van der Waals surface area contributed by atoms with Gasteiger partial charge in [-0.15, -0.1) is 11.3 Å². The molecule has 2 rings (SSSR count). The number of aryl methyl sites for hydroxylation is 2. The Hall–Kier alpha value is -1.07. The van der Waals surface area contributed by atoms with Crippen molar-refractivity contribution in [2.75, 3.05) is 13.1 Å². The summed E-state index contributed by atoms with van der Waals surface area (Å²) in [5, 5.41) is 6.20. The van der Waals surface area contributed by atoms with Crippen LogP contribution < -0.4 is 10.6 Å². The van der Waals surface area contributed by atoms with E-state index in [0.717, 1.165) is 19.5 Å². The Morgan fingerprint density at radius 1 is 1.33 bits per heavy atom. The van der Waals surface area contributed by atoms with Gasteiger partial charge in [-0.2, -0.15) is 0 Å². The fourth-order valence-corrected chi connectivity index (χ4v) is 3.64. The molecule has 0 saturated heterocycles. The van der Waals surface area contributed by atoms with Gasteiger partial charge in [-0.1, -0.05) is 0 Å². The van der Waals surface area contributed by atoms with Gasteiger partial charge in [0.2, 0.25) is 0 Å². The Morgan fingerprint density at radius 3 is 2.86 bits per heavy atom. The molecule has 118 valence electrons. The van der Waals surface area contributed by atoms with Crippen molar-refractivity contribution in [2.24, 2.45) is 0 Å². The number of thiophene rings is 1. The van der Waals surface area contributed by atoms with Crippen molar-refractivity contribution in [1.82, 2.24) is 10.6 Å². The van der Waals surface area contributed by atoms with Crippen molar-refractivity contribution >= 4 is 17.4 Å². The highest BCUT2D eigenvalue weighted by Crippen LogP contribution is 2.30. The minimum absolute atomic E-state index is 0.336. The Bertz CT molecular complexity index is 456. The van der Waals surface area contributed by atoms with Crippen LogP contribution in [0.1, 0.15) is 48.9 Å². The Morgan fingerprint density at radius 2 is 2.14 bits per heavy atom. The molecular weight excluding hydrogens is 284 g/mol. The SMILES string of the molecule is CC(C)(C)OC(=O)NCCCNCc1cc2c(s1)CCC2. The quantitative estimate of drug-likeness (QED) is 0.793. The van der Waals surface area contributed by atoms with Crippen molar-refractivity contribution < 1.29 is 9.53 Å². The van der Waals surface area contributed by atoms with Crippen LogP contribution in [0.15, 0.2) is 6.07 Å². The molecule has 1 heterocycles. The molecule has 1 amide bonds. The Kier molecular flexibility index (Phi) is 5.65. The number of alkyl carbamates (subject to hydrolysis) is 1. The van der Waals surface area contributed by atoms with Gasteiger partial charge in [-0.3, -0.25) is 0 Å². The third-order valence-electron chi connectivity index (χ3n) is 3.30. The maximum absolute atomic E-state index is 11.4. The van der Waals surface area contributed by atoms with Gasteiger partial charge in [0.05, 0.1) is 0 Å². The second-order valence-corrected chi connectivity index (χ2v) is 7.69. The Balaban J connectivity index is 1.53. The van der Waals surface area contributed by atoms with Crippen molar-refractivity contribution in [3.8, 4) is 0 Å². The minimum Gasteiger partial charge on any atom is -0.444 e. The monoisotopic (exact) mass is 310 g/mol. The van der Waals surface area contributed by atoms with Crippen LogP contribution in [0.5, 0.6) is 0 Å². The summed E-state index contributed by atoms with van der Waals surface area (Å²) in [5.74, 6) is 0. The van der Waals surface area contributed by atoms with Gasteiger partial charge in [0.15, 0.2) is 0 Å². The summed E-state index contributed by atoms with van der Waals surface area (Å²) in [5.41, 5.74) is 1.13. The molecule has 0 unspecified atom stereocenters. The van der Waals surface area contributed by atoms with E-state index in [0.29, 0.717) is 6.54 Å². The first-order valence-corrected chi connectivity index (χ1v) is 8.54. The lowest BCUT2D eigenvalue weighted by molar-refractivity contribution is 0.0527. The van der Waals surface area contributed by atoms with Crippen LogP contribution in [0.2, 0.25) is 0 Å². The zero-order chi connectivity index (χ0) is 15.3. The number of ether oxygens (including phenoxy) is 1. The number of carbonyl (C=O) groups is 1. The van der Waals surface area contributed by atoms with Crippen LogP contribution in [-0.4, -0.2) is 24.8 Å². The van der Waals surface area contributed by atoms with Gasteiger partial charge in [0.25, 0.3) is 0 Å². The maximum Gasteiger partial charge on any atom is 0.407 e. The zero-order valence-electron chi connectivity index (χ0n) is 13.3. The lowest BCUT2D eigenvalue weighted by Crippen LogP contribution is -2.33. The van der Waals surface area contributed by atoms with E-state index < -0.39 is 5.60 Å². The van der Waals surface area contributed by atoms with Crippen molar-refractivity contribution in [3.63, 3.8) is 0 Å². The predicted molar refractivity (Wildman–Crippen MR) is 86.9 cm³/mol. The first-order chi connectivity index (χ1) is 9.94. The standard InChI is InChI=1S/C16H26N2O2S/c1-16(2,3)20-15(19)18-9-5-8-17-11-13-10-12-6-4-7-14(12)21-13/h10,17H,4-9,11H2,1-3H3,(H,18,19). The average molecular weight is 310 g/mol. The molecule has 0 radical (unpaired) electrons. The van der Waals surface area contributed by atoms with Crippen molar-refractivity contribution in [1.29, 1.82) is 0 Å². The zero-order valence-corrected chi connectivity index (χ0v) is 14.1. The van der Waals surface area contributed by atoms with Crippen molar-refractivity contribution in [3.05, 3.63) is 21.4 Å². The third kappa shape index (κ3) is 5.67. The van der Waals surface area contributed by atoms with E-state index >= 15 is 0 Å². The average Bonchev–Trinajstić information content (AvgIpc) is 2.91. The fraction of sp³-hybridized carbons (Fsp3) is 0.688. The molecule has 21 heavy (non-hydrogen) atoms. The third-order valence-corrected chi connectivity index (χ3v) is 4.53. The molecule has 0 spiro atoms. The first kappa shape index (κ1) is 16.3. The molecule has 1 aromatic heterocycles. The van der Waals surface area contributed by atoms with Crippen LogP contribution in [0, 0.1) is 0 Å². The van der Waals surface area contributed by atoms with Crippen LogP contribution in [-0.2, 0) is 24.1 Å². The summed E-state index contributed by atoms with van der Waals surface area (Å²) in [4.78, 5) is 14.5. The van der Waals surface area contributed by atoms with Gasteiger partial charge < -0.3 is 15.4 Å². The molecule has 5 heteroatoms. The lowest BCUT2D eigenvalue weighted by Gasteiger charge is -2.19. The Labute approximate surface area is 131 Å². The highest BCUT2D eigenvalue weighted by Gasteiger charge is 2.15. The number of hydrogen-bond acceptors (Lipinski definition) is 4. The largest absolute Gasteiger partial charge is 0.444 e. The lowest BCUT2D eigenvalue weighted by atomic mass is 10.2. The van der Waals surface area contributed by atoms with Crippen LogP contribution in [0.4, 0.5) is 4.79 Å². The van der Waals surface area contributed by atoms with Gasteiger partial charge >= 0.3 is 6.09 Å². The van der Waals surface area contributed by atoms with E-state index in [1.54, 1.807) is 10.4 Å². The molecule has 4 nitrogen and oxygen atoms in total. The minimum atomic E-state index is -0.429. The van der Waals surface area contributed by atoms with E-state index in [-0.39, 0.29) is 6.09 Å². The summed E-state index contributed by atoms with van der Waals surface area (Å²) in [6.07, 6.45) is 4.42. The number of carbonyl (C=O) groups excluding carboxylic acids is 1. The number of amides is 1. The van der Waals surface area contributed by atoms with E-state index in [1.165, 1.54) is 24.1 Å². The molecule has 1 aliphatic carbocycles. The molecular formula is C16H26N2O2S.